The molecule has 1 N–H and O–H groups in total. The molecule has 4 aromatic rings. The van der Waals surface area contributed by atoms with Crippen molar-refractivity contribution >= 4 is 33.4 Å². The van der Waals surface area contributed by atoms with E-state index in [-0.39, 0.29) is 28.1 Å². The van der Waals surface area contributed by atoms with Crippen molar-refractivity contribution in [3.05, 3.63) is 84.2 Å². The van der Waals surface area contributed by atoms with Crippen LogP contribution >= 0.6 is 11.8 Å². The molecule has 0 atom stereocenters. The maximum atomic E-state index is 13.6. The van der Waals surface area contributed by atoms with Gasteiger partial charge in [0.05, 0.1) is 11.4 Å². The van der Waals surface area contributed by atoms with Crippen LogP contribution in [0.4, 0.5) is 10.1 Å². The molecule has 1 saturated heterocycles. The first kappa shape index (κ1) is 27.0. The molecule has 1 aromatic heterocycles. The summed E-state index contributed by atoms with van der Waals surface area (Å²) in [6.45, 7) is 2.77. The fourth-order valence-electron chi connectivity index (χ4n) is 4.47. The van der Waals surface area contributed by atoms with Crippen LogP contribution in [0.1, 0.15) is 24.8 Å². The van der Waals surface area contributed by atoms with Gasteiger partial charge in [0.2, 0.25) is 15.9 Å². The number of hydrogen-bond acceptors (Lipinski definition) is 6. The number of nitrogens with one attached hydrogen (secondary N) is 1. The van der Waals surface area contributed by atoms with Crippen LogP contribution in [0.2, 0.25) is 0 Å². The van der Waals surface area contributed by atoms with Gasteiger partial charge in [-0.25, -0.2) is 12.8 Å². The van der Waals surface area contributed by atoms with Gasteiger partial charge in [0.15, 0.2) is 11.0 Å². The molecule has 1 aliphatic rings. The Kier molecular flexibility index (Phi) is 8.10. The summed E-state index contributed by atoms with van der Waals surface area (Å²) in [6, 6.07) is 20.4. The van der Waals surface area contributed by atoms with Gasteiger partial charge < -0.3 is 5.32 Å². The van der Waals surface area contributed by atoms with Crippen molar-refractivity contribution in [2.45, 2.75) is 36.2 Å². The molecule has 0 saturated carbocycles. The lowest BCUT2D eigenvalue weighted by Gasteiger charge is -2.27. The van der Waals surface area contributed by atoms with Gasteiger partial charge in [0, 0.05) is 24.3 Å². The molecule has 5 rings (SSSR count). The maximum Gasteiger partial charge on any atom is 0.245 e. The van der Waals surface area contributed by atoms with E-state index in [0.29, 0.717) is 29.8 Å². The first-order valence-corrected chi connectivity index (χ1v) is 15.1. The summed E-state index contributed by atoms with van der Waals surface area (Å²) in [5, 5.41) is 11.9. The Morgan fingerprint density at radius 2 is 1.69 bits per heavy atom. The summed E-state index contributed by atoms with van der Waals surface area (Å²) < 4.78 is 43.7. The van der Waals surface area contributed by atoms with Crippen molar-refractivity contribution in [3.8, 4) is 17.1 Å². The molecule has 0 spiro atoms. The van der Waals surface area contributed by atoms with Crippen LogP contribution in [0.5, 0.6) is 0 Å². The van der Waals surface area contributed by atoms with E-state index in [0.717, 1.165) is 42.2 Å². The second kappa shape index (κ2) is 11.7. The number of rotatable bonds is 8. The number of benzene rings is 3. The summed E-state index contributed by atoms with van der Waals surface area (Å²) in [7, 11) is -3.75. The highest BCUT2D eigenvalue weighted by Gasteiger charge is 2.29. The number of anilines is 1. The fourth-order valence-corrected chi connectivity index (χ4v) is 6.97. The van der Waals surface area contributed by atoms with Crippen molar-refractivity contribution in [1.82, 2.24) is 19.1 Å². The van der Waals surface area contributed by atoms with Gasteiger partial charge in [-0.3, -0.25) is 9.36 Å². The van der Waals surface area contributed by atoms with E-state index in [1.54, 1.807) is 34.9 Å². The topological polar surface area (TPSA) is 97.2 Å². The number of carbonyl (C=O) groups excluding carboxylic acids is 1. The molecular formula is C28H28FN5O3S2. The van der Waals surface area contributed by atoms with Gasteiger partial charge in [-0.2, -0.15) is 4.31 Å². The number of aryl methyl sites for hydroxylation is 1. The average molecular weight is 566 g/mol. The summed E-state index contributed by atoms with van der Waals surface area (Å²) >= 11 is 1.16. The van der Waals surface area contributed by atoms with Gasteiger partial charge in [0.25, 0.3) is 0 Å². The van der Waals surface area contributed by atoms with Gasteiger partial charge >= 0.3 is 0 Å². The highest BCUT2D eigenvalue weighted by molar-refractivity contribution is 7.99. The summed E-state index contributed by atoms with van der Waals surface area (Å²) in [5.74, 6) is -0.229. The molecule has 0 radical (unpaired) electrons. The molecule has 39 heavy (non-hydrogen) atoms. The van der Waals surface area contributed by atoms with Crippen LogP contribution in [0.15, 0.2) is 82.8 Å². The molecule has 0 unspecified atom stereocenters. The Morgan fingerprint density at radius 3 is 2.41 bits per heavy atom. The van der Waals surface area contributed by atoms with E-state index in [4.69, 9.17) is 0 Å². The van der Waals surface area contributed by atoms with Crippen molar-refractivity contribution in [2.24, 2.45) is 0 Å². The number of carbonyl (C=O) groups is 1. The lowest BCUT2D eigenvalue weighted by Crippen LogP contribution is -2.36. The average Bonchev–Trinajstić information content (AvgIpc) is 3.38. The van der Waals surface area contributed by atoms with Crippen LogP contribution in [0, 0.1) is 12.7 Å². The van der Waals surface area contributed by atoms with E-state index in [2.05, 4.69) is 15.5 Å². The predicted molar refractivity (Wildman–Crippen MR) is 150 cm³/mol. The third-order valence-corrected chi connectivity index (χ3v) is 9.29. The predicted octanol–water partition coefficient (Wildman–Crippen LogP) is 5.29. The number of aromatic nitrogens is 3. The van der Waals surface area contributed by atoms with Crippen molar-refractivity contribution < 1.29 is 17.6 Å². The van der Waals surface area contributed by atoms with E-state index in [1.807, 2.05) is 37.3 Å². The van der Waals surface area contributed by atoms with Gasteiger partial charge in [0.1, 0.15) is 10.7 Å². The number of thioether (sulfide) groups is 1. The smallest absolute Gasteiger partial charge is 0.245 e. The lowest BCUT2D eigenvalue weighted by atomic mass is 10.2. The van der Waals surface area contributed by atoms with Crippen LogP contribution in [-0.4, -0.2) is 52.2 Å². The fraction of sp³-hybridized carbons (Fsp3) is 0.250. The Hall–Kier alpha value is -3.54. The van der Waals surface area contributed by atoms with Crippen molar-refractivity contribution in [3.63, 3.8) is 0 Å². The van der Waals surface area contributed by atoms with E-state index >= 15 is 0 Å². The molecule has 3 aromatic carbocycles. The van der Waals surface area contributed by atoms with E-state index in [1.165, 1.54) is 16.4 Å². The molecular weight excluding hydrogens is 537 g/mol. The highest BCUT2D eigenvalue weighted by atomic mass is 32.2. The SMILES string of the molecule is Cc1ccc(NC(=O)CSc2nnc(-c3ccccc3)n2-c2ccc(F)cc2)c(S(=O)(=O)N2CCCCC2)c1. The quantitative estimate of drug-likeness (QED) is 0.292. The molecule has 1 fully saturated rings. The van der Waals surface area contributed by atoms with E-state index < -0.39 is 10.0 Å². The molecule has 0 aliphatic carbocycles. The molecule has 202 valence electrons. The summed E-state index contributed by atoms with van der Waals surface area (Å²) in [6.07, 6.45) is 2.65. The molecule has 11 heteroatoms. The lowest BCUT2D eigenvalue weighted by molar-refractivity contribution is -0.113. The number of amides is 1. The largest absolute Gasteiger partial charge is 0.324 e. The first-order chi connectivity index (χ1) is 18.8. The van der Waals surface area contributed by atoms with Gasteiger partial charge in [-0.15, -0.1) is 10.2 Å². The third-order valence-electron chi connectivity index (χ3n) is 6.43. The Balaban J connectivity index is 1.38. The zero-order chi connectivity index (χ0) is 27.4. The van der Waals surface area contributed by atoms with Crippen LogP contribution in [0.3, 0.4) is 0 Å². The normalized spacial score (nSPS) is 14.3. The zero-order valence-electron chi connectivity index (χ0n) is 21.4. The standard InChI is InChI=1S/C28H28FN5O3S2/c1-20-10-15-24(25(18-20)39(36,37)33-16-6-3-7-17-33)30-26(35)19-38-28-32-31-27(21-8-4-2-5-9-21)34(28)23-13-11-22(29)12-14-23/h2,4-5,8-15,18H,3,6-7,16-17,19H2,1H3,(H,30,35). The van der Waals surface area contributed by atoms with Crippen molar-refractivity contribution in [2.75, 3.05) is 24.2 Å². The second-order valence-electron chi connectivity index (χ2n) is 9.29. The Bertz CT molecular complexity index is 1570. The monoisotopic (exact) mass is 565 g/mol. The van der Waals surface area contributed by atoms with E-state index in [9.17, 15) is 17.6 Å². The number of piperidine rings is 1. The Morgan fingerprint density at radius 1 is 0.974 bits per heavy atom. The first-order valence-electron chi connectivity index (χ1n) is 12.6. The molecule has 2 heterocycles. The summed E-state index contributed by atoms with van der Waals surface area (Å²) in [4.78, 5) is 13.1. The summed E-state index contributed by atoms with van der Waals surface area (Å²) in [5.41, 5.74) is 2.51. The number of hydrogen-bond donors (Lipinski definition) is 1. The molecule has 1 amide bonds. The van der Waals surface area contributed by atoms with Gasteiger partial charge in [-0.05, 0) is 61.7 Å². The van der Waals surface area contributed by atoms with Gasteiger partial charge in [-0.1, -0.05) is 54.6 Å². The highest BCUT2D eigenvalue weighted by Crippen LogP contribution is 2.30. The molecule has 8 nitrogen and oxygen atoms in total. The van der Waals surface area contributed by atoms with Crippen molar-refractivity contribution in [1.29, 1.82) is 0 Å². The number of halogens is 1. The third kappa shape index (κ3) is 6.05. The van der Waals surface area contributed by atoms with Crippen LogP contribution < -0.4 is 5.32 Å². The maximum absolute atomic E-state index is 13.6. The second-order valence-corrected chi connectivity index (χ2v) is 12.1. The minimum absolute atomic E-state index is 0.0365. The minimum atomic E-state index is -3.75. The Labute approximate surface area is 231 Å². The molecule has 1 aliphatic heterocycles. The molecule has 0 bridgehead atoms. The van der Waals surface area contributed by atoms with Crippen LogP contribution in [0.25, 0.3) is 17.1 Å². The number of sulfonamides is 1. The zero-order valence-corrected chi connectivity index (χ0v) is 23.0. The van der Waals surface area contributed by atoms with Crippen LogP contribution in [-0.2, 0) is 14.8 Å². The number of nitrogens with zero attached hydrogens (tertiary/aromatic N) is 4. The minimum Gasteiger partial charge on any atom is -0.324 e.